The first-order valence-electron chi connectivity index (χ1n) is 3.00. The largest absolute Gasteiger partial charge is 0.373 e. The van der Waals surface area contributed by atoms with Crippen LogP contribution in [0.5, 0.6) is 0 Å². The fraction of sp³-hybridized carbons (Fsp3) is 0.833. The lowest BCUT2D eigenvalue weighted by Gasteiger charge is -2.17. The normalized spacial score (nSPS) is 29.8. The molecule has 1 nitrogen and oxygen atoms in total. The van der Waals surface area contributed by atoms with Gasteiger partial charge in [0.2, 0.25) is 0 Å². The summed E-state index contributed by atoms with van der Waals surface area (Å²) < 4.78 is 5.27. The molecule has 1 atom stereocenters. The van der Waals surface area contributed by atoms with Crippen molar-refractivity contribution in [2.24, 2.45) is 0 Å². The molecule has 1 fully saturated rings. The third-order valence-electron chi connectivity index (χ3n) is 1.37. The molecular weight excluding hydrogens is 120 g/mol. The topological polar surface area (TPSA) is 9.23 Å². The molecule has 1 saturated heterocycles. The summed E-state index contributed by atoms with van der Waals surface area (Å²) in [6, 6.07) is 0. The van der Waals surface area contributed by atoms with E-state index in [2.05, 4.69) is 0 Å². The van der Waals surface area contributed by atoms with Gasteiger partial charge >= 0.3 is 0 Å². The van der Waals surface area contributed by atoms with Gasteiger partial charge in [0.1, 0.15) is 0 Å². The van der Waals surface area contributed by atoms with Gasteiger partial charge in [0.25, 0.3) is 0 Å². The van der Waals surface area contributed by atoms with E-state index in [0.717, 1.165) is 13.0 Å². The Hall–Kier alpha value is 0.0500. The molecule has 1 rings (SSSR count). The molecule has 0 amide bonds. The van der Waals surface area contributed by atoms with Gasteiger partial charge < -0.3 is 4.74 Å². The van der Waals surface area contributed by atoms with E-state index in [1.54, 1.807) is 5.37 Å². The van der Waals surface area contributed by atoms with Gasteiger partial charge in [-0.05, 0) is 19.3 Å². The lowest BCUT2D eigenvalue weighted by atomic mass is 10.1. The first-order chi connectivity index (χ1) is 3.93. The van der Waals surface area contributed by atoms with E-state index in [0.29, 0.717) is 0 Å². The second kappa shape index (κ2) is 3.15. The quantitative estimate of drug-likeness (QED) is 0.498. The molecule has 1 aliphatic heterocycles. The molecule has 0 N–H and O–H groups in total. The Labute approximate surface area is 55.0 Å². The summed E-state index contributed by atoms with van der Waals surface area (Å²) in [5.41, 5.74) is 0. The first-order valence-corrected chi connectivity index (χ1v) is 3.47. The lowest BCUT2D eigenvalue weighted by Crippen LogP contribution is -2.18. The minimum Gasteiger partial charge on any atom is -0.373 e. The third kappa shape index (κ3) is 1.53. The van der Waals surface area contributed by atoms with Crippen molar-refractivity contribution < 1.29 is 4.74 Å². The molecular formula is C6H10OS. The molecule has 0 radical (unpaired) electrons. The molecule has 0 aromatic heterocycles. The Morgan fingerprint density at radius 3 is 2.75 bits per heavy atom. The number of hydrogen-bond acceptors (Lipinski definition) is 2. The van der Waals surface area contributed by atoms with Crippen LogP contribution >= 0.6 is 12.2 Å². The highest BCUT2D eigenvalue weighted by molar-refractivity contribution is 7.79. The van der Waals surface area contributed by atoms with Crippen LogP contribution in [-0.4, -0.2) is 18.1 Å². The van der Waals surface area contributed by atoms with Gasteiger partial charge in [0, 0.05) is 12.0 Å². The van der Waals surface area contributed by atoms with E-state index in [4.69, 9.17) is 17.0 Å². The Morgan fingerprint density at radius 1 is 1.50 bits per heavy atom. The molecule has 1 heterocycles. The molecule has 0 aromatic rings. The van der Waals surface area contributed by atoms with Crippen LogP contribution in [0.3, 0.4) is 0 Å². The van der Waals surface area contributed by atoms with Gasteiger partial charge in [-0.2, -0.15) is 0 Å². The number of ether oxygens (including phenoxy) is 1. The van der Waals surface area contributed by atoms with Crippen LogP contribution in [0.4, 0.5) is 0 Å². The van der Waals surface area contributed by atoms with Crippen LogP contribution in [0.25, 0.3) is 0 Å². The number of thiocarbonyl (C=S) groups is 1. The molecule has 0 saturated carbocycles. The fourth-order valence-electron chi connectivity index (χ4n) is 0.873. The van der Waals surface area contributed by atoms with E-state index in [1.165, 1.54) is 12.8 Å². The molecule has 2 heteroatoms. The minimum atomic E-state index is 0.277. The number of rotatable bonds is 1. The molecule has 0 aliphatic carbocycles. The van der Waals surface area contributed by atoms with E-state index >= 15 is 0 Å². The van der Waals surface area contributed by atoms with Crippen molar-refractivity contribution in [1.82, 2.24) is 0 Å². The monoisotopic (exact) mass is 130 g/mol. The van der Waals surface area contributed by atoms with Crippen molar-refractivity contribution in [3.8, 4) is 0 Å². The summed E-state index contributed by atoms with van der Waals surface area (Å²) in [5.74, 6) is 0. The number of hydrogen-bond donors (Lipinski definition) is 0. The van der Waals surface area contributed by atoms with E-state index in [9.17, 15) is 0 Å². The van der Waals surface area contributed by atoms with Crippen LogP contribution in [0.15, 0.2) is 0 Å². The maximum absolute atomic E-state index is 5.27. The Kier molecular flexibility index (Phi) is 2.43. The highest BCUT2D eigenvalue weighted by Gasteiger charge is 2.08. The average Bonchev–Trinajstić information content (AvgIpc) is 1.90. The van der Waals surface area contributed by atoms with Crippen molar-refractivity contribution in [1.29, 1.82) is 0 Å². The molecule has 46 valence electrons. The summed E-state index contributed by atoms with van der Waals surface area (Å²) >= 11 is 4.72. The molecule has 0 aromatic carbocycles. The van der Waals surface area contributed by atoms with Crippen molar-refractivity contribution in [2.75, 3.05) is 6.61 Å². The summed E-state index contributed by atoms with van der Waals surface area (Å²) in [4.78, 5) is 0. The first kappa shape index (κ1) is 6.17. The predicted molar refractivity (Wildman–Crippen MR) is 37.2 cm³/mol. The Morgan fingerprint density at radius 2 is 2.38 bits per heavy atom. The second-order valence-electron chi connectivity index (χ2n) is 2.04. The van der Waals surface area contributed by atoms with Gasteiger partial charge in [-0.1, -0.05) is 12.2 Å². The van der Waals surface area contributed by atoms with Gasteiger partial charge in [-0.25, -0.2) is 0 Å². The van der Waals surface area contributed by atoms with Crippen molar-refractivity contribution >= 4 is 17.6 Å². The molecule has 1 aliphatic rings. The van der Waals surface area contributed by atoms with Crippen LogP contribution in [0.2, 0.25) is 0 Å². The maximum atomic E-state index is 5.27. The smallest absolute Gasteiger partial charge is 0.0857 e. The summed E-state index contributed by atoms with van der Waals surface area (Å²) in [6.45, 7) is 0.901. The summed E-state index contributed by atoms with van der Waals surface area (Å²) in [6.07, 6.45) is 3.89. The molecule has 1 unspecified atom stereocenters. The van der Waals surface area contributed by atoms with Gasteiger partial charge in [0.05, 0.1) is 6.10 Å². The summed E-state index contributed by atoms with van der Waals surface area (Å²) in [7, 11) is 0. The van der Waals surface area contributed by atoms with Crippen LogP contribution in [0, 0.1) is 0 Å². The van der Waals surface area contributed by atoms with Crippen molar-refractivity contribution in [2.45, 2.75) is 25.4 Å². The zero-order valence-corrected chi connectivity index (χ0v) is 5.62. The highest BCUT2D eigenvalue weighted by atomic mass is 32.1. The van der Waals surface area contributed by atoms with E-state index in [-0.39, 0.29) is 6.10 Å². The average molecular weight is 130 g/mol. The van der Waals surface area contributed by atoms with E-state index < -0.39 is 0 Å². The third-order valence-corrected chi connectivity index (χ3v) is 1.67. The van der Waals surface area contributed by atoms with Crippen LogP contribution < -0.4 is 0 Å². The minimum absolute atomic E-state index is 0.277. The van der Waals surface area contributed by atoms with Crippen molar-refractivity contribution in [3.63, 3.8) is 0 Å². The molecule has 0 bridgehead atoms. The lowest BCUT2D eigenvalue weighted by molar-refractivity contribution is 0.0628. The van der Waals surface area contributed by atoms with Crippen LogP contribution in [-0.2, 0) is 4.74 Å². The maximum Gasteiger partial charge on any atom is 0.0857 e. The van der Waals surface area contributed by atoms with Gasteiger partial charge in [0.15, 0.2) is 0 Å². The SMILES string of the molecule is S=CC1CCCCO1. The fourth-order valence-corrected chi connectivity index (χ4v) is 1.09. The standard InChI is InChI=1S/C6H10OS/c8-5-6-3-1-2-4-7-6/h5-6H,1-4H2. The van der Waals surface area contributed by atoms with Gasteiger partial charge in [-0.15, -0.1) is 0 Å². The molecule has 0 spiro atoms. The van der Waals surface area contributed by atoms with Gasteiger partial charge in [-0.3, -0.25) is 0 Å². The van der Waals surface area contributed by atoms with Crippen molar-refractivity contribution in [3.05, 3.63) is 0 Å². The van der Waals surface area contributed by atoms with E-state index in [1.807, 2.05) is 0 Å². The zero-order chi connectivity index (χ0) is 5.82. The van der Waals surface area contributed by atoms with Crippen LogP contribution in [0.1, 0.15) is 19.3 Å². The predicted octanol–water partition coefficient (Wildman–Crippen LogP) is 1.56. The second-order valence-corrected chi connectivity index (χ2v) is 2.31. The zero-order valence-electron chi connectivity index (χ0n) is 4.80. The molecule has 8 heavy (non-hydrogen) atoms. The Bertz CT molecular complexity index is 76.6. The summed E-state index contributed by atoms with van der Waals surface area (Å²) in [5, 5.41) is 1.72. The highest BCUT2D eigenvalue weighted by Crippen LogP contribution is 2.10. The Balaban J connectivity index is 2.22.